The van der Waals surface area contributed by atoms with E-state index in [4.69, 9.17) is 20.3 Å². The van der Waals surface area contributed by atoms with E-state index < -0.39 is 54.5 Å². The van der Waals surface area contributed by atoms with Gasteiger partial charge in [0.15, 0.2) is 17.7 Å². The molecule has 2 aromatic heterocycles. The molecule has 1 aliphatic heterocycles. The topological polar surface area (TPSA) is 282 Å². The zero-order chi connectivity index (χ0) is 23.2. The van der Waals surface area contributed by atoms with Gasteiger partial charge in [0.2, 0.25) is 0 Å². The summed E-state index contributed by atoms with van der Waals surface area (Å²) >= 11 is 0. The lowest BCUT2D eigenvalue weighted by Gasteiger charge is -2.19. The van der Waals surface area contributed by atoms with Crippen molar-refractivity contribution in [3.05, 3.63) is 12.7 Å². The lowest BCUT2D eigenvalue weighted by molar-refractivity contribution is -0.0502. The summed E-state index contributed by atoms with van der Waals surface area (Å²) in [6.45, 7) is -0.928. The first-order valence-corrected chi connectivity index (χ1v) is 12.7. The van der Waals surface area contributed by atoms with Crippen molar-refractivity contribution in [2.24, 2.45) is 0 Å². The third-order valence-corrected chi connectivity index (χ3v) is 8.11. The highest BCUT2D eigenvalue weighted by atomic mass is 31.3. The number of rotatable bonds is 8. The van der Waals surface area contributed by atoms with Gasteiger partial charge in [0.1, 0.15) is 30.2 Å². The molecule has 18 nitrogen and oxygen atoms in total. The number of nitrogens with one attached hydrogen (secondary N) is 1. The fourth-order valence-corrected chi connectivity index (χ4v) is 6.10. The normalized spacial score (nSPS) is 26.7. The second-order valence-corrected chi connectivity index (χ2v) is 10.9. The van der Waals surface area contributed by atoms with Gasteiger partial charge in [0.05, 0.1) is 12.9 Å². The Morgan fingerprint density at radius 2 is 1.73 bits per heavy atom. The zero-order valence-corrected chi connectivity index (χ0v) is 17.7. The largest absolute Gasteiger partial charge is 0.480 e. The first kappa shape index (κ1) is 29.7. The van der Waals surface area contributed by atoms with Crippen LogP contribution >= 0.6 is 23.3 Å². The number of fused-ring (bicyclic) bond motifs is 1. The summed E-state index contributed by atoms with van der Waals surface area (Å²) < 4.78 is 48.9. The summed E-state index contributed by atoms with van der Waals surface area (Å²) in [5.41, 5.74) is 6.02. The van der Waals surface area contributed by atoms with Gasteiger partial charge in [-0.15, -0.1) is 4.86 Å². The van der Waals surface area contributed by atoms with Crippen molar-refractivity contribution in [1.29, 1.82) is 0 Å². The second-order valence-electron chi connectivity index (χ2n) is 6.14. The average molecular weight is 538 g/mol. The molecule has 3 heterocycles. The van der Waals surface area contributed by atoms with Gasteiger partial charge in [0, 0.05) is 0 Å². The number of imidazole rings is 1. The molecule has 9 N–H and O–H groups in total. The molecule has 3 rings (SSSR count). The molecular weight excluding hydrogens is 513 g/mol. The summed E-state index contributed by atoms with van der Waals surface area (Å²) in [6.07, 6.45) is -3.62. The lowest BCUT2D eigenvalue weighted by Crippen LogP contribution is -2.33. The number of phosphoric ester groups is 1. The van der Waals surface area contributed by atoms with Crippen molar-refractivity contribution in [3.8, 4) is 0 Å². The Morgan fingerprint density at radius 3 is 2.33 bits per heavy atom. The van der Waals surface area contributed by atoms with Gasteiger partial charge < -0.3 is 40.3 Å². The van der Waals surface area contributed by atoms with Gasteiger partial charge in [0.25, 0.3) is 0 Å². The van der Waals surface area contributed by atoms with Crippen LogP contribution in [-0.4, -0.2) is 74.2 Å². The van der Waals surface area contributed by atoms with Gasteiger partial charge in [-0.1, -0.05) is 14.9 Å². The summed E-state index contributed by atoms with van der Waals surface area (Å²) in [7, 11) is -16.1. The monoisotopic (exact) mass is 538 g/mol. The SMILES string of the molecule is C.C.Nc1ncnc2c1ncn2[C@@H]1O[C@H](COP(=O)(O)OP(=O)(O)NP(=O)(O)O)C(O)[C@@H]1O. The van der Waals surface area contributed by atoms with Crippen LogP contribution in [-0.2, 0) is 27.3 Å². The van der Waals surface area contributed by atoms with Crippen LogP contribution in [0.5, 0.6) is 0 Å². The molecule has 0 radical (unpaired) electrons. The van der Waals surface area contributed by atoms with Crippen molar-refractivity contribution in [1.82, 2.24) is 24.4 Å². The van der Waals surface area contributed by atoms with Crippen LogP contribution in [0.1, 0.15) is 21.1 Å². The number of aliphatic hydroxyl groups is 2. The summed E-state index contributed by atoms with van der Waals surface area (Å²) in [6, 6.07) is 0. The number of nitrogens with zero attached hydrogens (tertiary/aromatic N) is 4. The molecule has 190 valence electrons. The quantitative estimate of drug-likeness (QED) is 0.191. The minimum atomic E-state index is -5.45. The highest BCUT2D eigenvalue weighted by Crippen LogP contribution is 2.61. The zero-order valence-electron chi connectivity index (χ0n) is 15.0. The summed E-state index contributed by atoms with van der Waals surface area (Å²) in [4.78, 5) is 48.5. The molecule has 0 aliphatic carbocycles. The standard InChI is InChI=1S/C10H17N6O12P3.2CH4/c11-8-5-9(13-2-12-8)16(3-14-5)10-7(18)6(17)4(27-10)1-26-31(24,25)28-30(22,23)15-29(19,20)21;;/h2-4,6-7,10,17-18H,1H2,(H,24,25)(H2,11,12,13)(H4,15,19,20,21,22,23);2*1H4/t4-,6?,7+,10-;;/m1../s1. The van der Waals surface area contributed by atoms with E-state index in [0.717, 1.165) is 11.2 Å². The Bertz CT molecular complexity index is 1110. The molecule has 0 saturated carbocycles. The second kappa shape index (κ2) is 10.5. The Morgan fingerprint density at radius 1 is 1.09 bits per heavy atom. The van der Waals surface area contributed by atoms with Gasteiger partial charge in [-0.25, -0.2) is 28.6 Å². The van der Waals surface area contributed by atoms with Crippen LogP contribution in [0.2, 0.25) is 0 Å². The Kier molecular flexibility index (Phi) is 9.44. The van der Waals surface area contributed by atoms with Crippen molar-refractivity contribution >= 4 is 40.3 Å². The van der Waals surface area contributed by atoms with Crippen LogP contribution in [0.3, 0.4) is 0 Å². The van der Waals surface area contributed by atoms with Crippen molar-refractivity contribution in [2.45, 2.75) is 39.4 Å². The third-order valence-electron chi connectivity index (χ3n) is 3.87. The molecule has 1 saturated heterocycles. The molecule has 0 amide bonds. The Hall–Kier alpha value is -1.36. The van der Waals surface area contributed by atoms with Gasteiger partial charge in [-0.05, 0) is 0 Å². The van der Waals surface area contributed by atoms with Gasteiger partial charge in [-0.3, -0.25) is 9.09 Å². The number of ether oxygens (including phenoxy) is 1. The maximum Gasteiger partial charge on any atom is 0.480 e. The van der Waals surface area contributed by atoms with Crippen LogP contribution in [0.15, 0.2) is 12.7 Å². The number of nitrogen functional groups attached to an aromatic ring is 1. The number of aliphatic hydroxyl groups excluding tert-OH is 2. The average Bonchev–Trinajstić information content (AvgIpc) is 3.13. The van der Waals surface area contributed by atoms with E-state index in [0.29, 0.717) is 0 Å². The molecule has 0 bridgehead atoms. The molecule has 21 heteroatoms. The first-order valence-electron chi connectivity index (χ1n) is 8.00. The molecular formula is C12H25N6O12P3. The van der Waals surface area contributed by atoms with Crippen LogP contribution < -0.4 is 10.6 Å². The van der Waals surface area contributed by atoms with Crippen molar-refractivity contribution in [3.63, 3.8) is 0 Å². The van der Waals surface area contributed by atoms with Gasteiger partial charge >= 0.3 is 23.3 Å². The number of nitrogens with two attached hydrogens (primary N) is 1. The van der Waals surface area contributed by atoms with E-state index in [1.165, 1.54) is 10.9 Å². The number of anilines is 1. The molecule has 0 spiro atoms. The number of hydrogen-bond donors (Lipinski definition) is 8. The van der Waals surface area contributed by atoms with Crippen LogP contribution in [0.4, 0.5) is 5.82 Å². The number of aromatic nitrogens is 4. The van der Waals surface area contributed by atoms with E-state index in [-0.39, 0.29) is 31.8 Å². The summed E-state index contributed by atoms with van der Waals surface area (Å²) in [5, 5.41) is 20.4. The maximum absolute atomic E-state index is 11.8. The van der Waals surface area contributed by atoms with E-state index >= 15 is 0 Å². The van der Waals surface area contributed by atoms with E-state index in [1.807, 2.05) is 0 Å². The number of hydrogen-bond acceptors (Lipinski definition) is 12. The highest BCUT2D eigenvalue weighted by Gasteiger charge is 2.46. The predicted octanol–water partition coefficient (Wildman–Crippen LogP) is -0.784. The highest BCUT2D eigenvalue weighted by molar-refractivity contribution is 7.70. The predicted molar refractivity (Wildman–Crippen MR) is 111 cm³/mol. The van der Waals surface area contributed by atoms with E-state index in [9.17, 15) is 33.7 Å². The fraction of sp³-hybridized carbons (Fsp3) is 0.583. The minimum Gasteiger partial charge on any atom is -0.387 e. The van der Waals surface area contributed by atoms with Crippen LogP contribution in [0.25, 0.3) is 11.2 Å². The Balaban J connectivity index is 0.00000272. The maximum atomic E-state index is 11.8. The van der Waals surface area contributed by atoms with Gasteiger partial charge in [-0.2, -0.15) is 4.31 Å². The van der Waals surface area contributed by atoms with Crippen molar-refractivity contribution < 1.29 is 57.1 Å². The number of phosphoric acid groups is 1. The fourth-order valence-electron chi connectivity index (χ4n) is 2.67. The third kappa shape index (κ3) is 7.07. The molecule has 1 aliphatic rings. The smallest absolute Gasteiger partial charge is 0.387 e. The molecule has 1 fully saturated rings. The summed E-state index contributed by atoms with van der Waals surface area (Å²) in [5.74, 6) is 0.0485. The minimum absolute atomic E-state index is 0. The first-order chi connectivity index (χ1) is 14.2. The lowest BCUT2D eigenvalue weighted by atomic mass is 10.1. The molecule has 3 unspecified atom stereocenters. The molecule has 2 aromatic rings. The molecule has 33 heavy (non-hydrogen) atoms. The van der Waals surface area contributed by atoms with E-state index in [2.05, 4.69) is 23.8 Å². The molecule has 6 atom stereocenters. The molecule has 0 aromatic carbocycles. The van der Waals surface area contributed by atoms with E-state index in [1.54, 1.807) is 0 Å². The van der Waals surface area contributed by atoms with Crippen LogP contribution in [0, 0.1) is 0 Å². The van der Waals surface area contributed by atoms with Crippen molar-refractivity contribution in [2.75, 3.05) is 12.3 Å². The Labute approximate surface area is 186 Å².